The van der Waals surface area contributed by atoms with Gasteiger partial charge in [0, 0.05) is 11.9 Å². The van der Waals surface area contributed by atoms with Crippen molar-refractivity contribution in [2.75, 3.05) is 5.32 Å². The van der Waals surface area contributed by atoms with Crippen LogP contribution in [0.1, 0.15) is 17.4 Å². The molecule has 0 saturated heterocycles. The van der Waals surface area contributed by atoms with Crippen LogP contribution in [0.4, 0.5) is 5.69 Å². The zero-order valence-electron chi connectivity index (χ0n) is 15.8. The summed E-state index contributed by atoms with van der Waals surface area (Å²) in [4.78, 5) is 25.6. The Bertz CT molecular complexity index is 1230. The first-order valence-electron chi connectivity index (χ1n) is 9.30. The fraction of sp³-hybridized carbons (Fsp3) is 0.0870. The average molecular weight is 385 g/mol. The fourth-order valence-corrected chi connectivity index (χ4v) is 3.07. The quantitative estimate of drug-likeness (QED) is 0.550. The third-order valence-corrected chi connectivity index (χ3v) is 4.49. The zero-order chi connectivity index (χ0) is 20.2. The lowest BCUT2D eigenvalue weighted by Gasteiger charge is -2.13. The molecule has 0 aliphatic heterocycles. The van der Waals surface area contributed by atoms with Crippen molar-refractivity contribution in [1.29, 1.82) is 0 Å². The molecule has 6 nitrogen and oxygen atoms in total. The van der Waals surface area contributed by atoms with Crippen LogP contribution in [-0.2, 0) is 6.54 Å². The minimum Gasteiger partial charge on any atom is -0.455 e. The van der Waals surface area contributed by atoms with Gasteiger partial charge in [-0.3, -0.25) is 9.59 Å². The molecule has 0 aliphatic rings. The first-order valence-corrected chi connectivity index (χ1v) is 9.30. The van der Waals surface area contributed by atoms with E-state index in [2.05, 4.69) is 10.4 Å². The molecule has 6 heteroatoms. The number of hydrogen-bond donors (Lipinski definition) is 1. The standard InChI is InChI=1S/C23H19N3O3/c1-2-26-23(28)18-13-7-6-12-17(18)21(25-26)22(27)24-19-14-8-9-15-20(19)29-16-10-4-3-5-11-16/h3-15H,2H2,1H3,(H,24,27). The minimum atomic E-state index is -0.410. The van der Waals surface area contributed by atoms with E-state index in [1.54, 1.807) is 36.4 Å². The Labute approximate surface area is 167 Å². The largest absolute Gasteiger partial charge is 0.455 e. The number of rotatable bonds is 5. The number of ether oxygens (including phenoxy) is 1. The second kappa shape index (κ2) is 7.98. The Hall–Kier alpha value is -3.93. The van der Waals surface area contributed by atoms with Gasteiger partial charge in [-0.15, -0.1) is 0 Å². The second-order valence-corrected chi connectivity index (χ2v) is 6.38. The third kappa shape index (κ3) is 3.73. The van der Waals surface area contributed by atoms with Crippen LogP contribution < -0.4 is 15.6 Å². The topological polar surface area (TPSA) is 73.2 Å². The molecule has 0 unspecified atom stereocenters. The number of aromatic nitrogens is 2. The van der Waals surface area contributed by atoms with Crippen molar-refractivity contribution in [2.24, 2.45) is 0 Å². The summed E-state index contributed by atoms with van der Waals surface area (Å²) in [6.07, 6.45) is 0. The summed E-state index contributed by atoms with van der Waals surface area (Å²) in [5.41, 5.74) is 0.491. The number of para-hydroxylation sites is 3. The summed E-state index contributed by atoms with van der Waals surface area (Å²) >= 11 is 0. The molecule has 1 N–H and O–H groups in total. The molecule has 4 aromatic rings. The van der Waals surface area contributed by atoms with Gasteiger partial charge in [0.2, 0.25) is 0 Å². The van der Waals surface area contributed by atoms with E-state index < -0.39 is 5.91 Å². The Morgan fingerprint density at radius 3 is 2.34 bits per heavy atom. The monoisotopic (exact) mass is 385 g/mol. The molecule has 1 amide bonds. The van der Waals surface area contributed by atoms with Crippen LogP contribution in [0.5, 0.6) is 11.5 Å². The molecule has 0 atom stereocenters. The molecular weight excluding hydrogens is 366 g/mol. The number of carbonyl (C=O) groups is 1. The summed E-state index contributed by atoms with van der Waals surface area (Å²) in [7, 11) is 0. The number of nitrogens with one attached hydrogen (secondary N) is 1. The molecule has 0 bridgehead atoms. The lowest BCUT2D eigenvalue weighted by Crippen LogP contribution is -2.27. The van der Waals surface area contributed by atoms with Gasteiger partial charge in [-0.25, -0.2) is 4.68 Å². The number of anilines is 1. The molecule has 29 heavy (non-hydrogen) atoms. The second-order valence-electron chi connectivity index (χ2n) is 6.38. The van der Waals surface area contributed by atoms with Crippen molar-refractivity contribution in [2.45, 2.75) is 13.5 Å². The van der Waals surface area contributed by atoms with Gasteiger partial charge in [-0.2, -0.15) is 5.10 Å². The predicted molar refractivity (Wildman–Crippen MR) is 113 cm³/mol. The molecule has 0 fully saturated rings. The number of hydrogen-bond acceptors (Lipinski definition) is 4. The van der Waals surface area contributed by atoms with Crippen molar-refractivity contribution < 1.29 is 9.53 Å². The van der Waals surface area contributed by atoms with E-state index in [9.17, 15) is 9.59 Å². The van der Waals surface area contributed by atoms with E-state index >= 15 is 0 Å². The highest BCUT2D eigenvalue weighted by Crippen LogP contribution is 2.29. The maximum atomic E-state index is 13.1. The molecule has 1 heterocycles. The highest BCUT2D eigenvalue weighted by molar-refractivity contribution is 6.11. The Morgan fingerprint density at radius 1 is 0.931 bits per heavy atom. The van der Waals surface area contributed by atoms with Crippen molar-refractivity contribution in [3.63, 3.8) is 0 Å². The van der Waals surface area contributed by atoms with Crippen LogP contribution in [0, 0.1) is 0 Å². The summed E-state index contributed by atoms with van der Waals surface area (Å²) in [6, 6.07) is 23.5. The fourth-order valence-electron chi connectivity index (χ4n) is 3.07. The number of aryl methyl sites for hydroxylation is 1. The molecule has 4 rings (SSSR count). The molecule has 0 saturated carbocycles. The predicted octanol–water partition coefficient (Wildman–Crippen LogP) is 4.46. The summed E-state index contributed by atoms with van der Waals surface area (Å²) in [5.74, 6) is 0.769. The number of benzene rings is 3. The van der Waals surface area contributed by atoms with Gasteiger partial charge < -0.3 is 10.1 Å². The van der Waals surface area contributed by atoms with Crippen LogP contribution in [0.25, 0.3) is 10.8 Å². The van der Waals surface area contributed by atoms with Crippen molar-refractivity contribution >= 4 is 22.4 Å². The average Bonchev–Trinajstić information content (AvgIpc) is 2.76. The summed E-state index contributed by atoms with van der Waals surface area (Å²) in [5, 5.41) is 8.12. The van der Waals surface area contributed by atoms with Crippen molar-refractivity contribution in [1.82, 2.24) is 9.78 Å². The van der Waals surface area contributed by atoms with E-state index in [4.69, 9.17) is 4.74 Å². The van der Waals surface area contributed by atoms with Gasteiger partial charge >= 0.3 is 0 Å². The molecule has 1 aromatic heterocycles. The smallest absolute Gasteiger partial charge is 0.276 e. The maximum Gasteiger partial charge on any atom is 0.276 e. The van der Waals surface area contributed by atoms with E-state index in [-0.39, 0.29) is 11.3 Å². The SMILES string of the molecule is CCn1nc(C(=O)Nc2ccccc2Oc2ccccc2)c2ccccc2c1=O. The lowest BCUT2D eigenvalue weighted by molar-refractivity contribution is 0.102. The van der Waals surface area contributed by atoms with Gasteiger partial charge in [0.1, 0.15) is 5.75 Å². The van der Waals surface area contributed by atoms with Gasteiger partial charge in [0.05, 0.1) is 11.1 Å². The lowest BCUT2D eigenvalue weighted by atomic mass is 10.1. The molecule has 0 radical (unpaired) electrons. The first kappa shape index (κ1) is 18.4. The van der Waals surface area contributed by atoms with Crippen LogP contribution >= 0.6 is 0 Å². The van der Waals surface area contributed by atoms with E-state index in [1.807, 2.05) is 49.4 Å². The van der Waals surface area contributed by atoms with E-state index in [0.717, 1.165) is 0 Å². The molecule has 0 aliphatic carbocycles. The number of nitrogens with zero attached hydrogens (tertiary/aromatic N) is 2. The summed E-state index contributed by atoms with van der Waals surface area (Å²) < 4.78 is 7.20. The summed E-state index contributed by atoms with van der Waals surface area (Å²) in [6.45, 7) is 2.19. The minimum absolute atomic E-state index is 0.191. The van der Waals surface area contributed by atoms with Crippen molar-refractivity contribution in [3.8, 4) is 11.5 Å². The van der Waals surface area contributed by atoms with E-state index in [0.29, 0.717) is 34.5 Å². The molecular formula is C23H19N3O3. The van der Waals surface area contributed by atoms with Crippen LogP contribution in [0.3, 0.4) is 0 Å². The van der Waals surface area contributed by atoms with E-state index in [1.165, 1.54) is 4.68 Å². The van der Waals surface area contributed by atoms with Gasteiger partial charge in [-0.1, -0.05) is 48.5 Å². The normalized spacial score (nSPS) is 10.7. The Kier molecular flexibility index (Phi) is 5.07. The number of carbonyl (C=O) groups excluding carboxylic acids is 1. The van der Waals surface area contributed by atoms with Crippen LogP contribution in [0.2, 0.25) is 0 Å². The Balaban J connectivity index is 1.71. The van der Waals surface area contributed by atoms with Gasteiger partial charge in [0.25, 0.3) is 11.5 Å². The van der Waals surface area contributed by atoms with Gasteiger partial charge in [0.15, 0.2) is 11.4 Å². The zero-order valence-corrected chi connectivity index (χ0v) is 15.8. The highest BCUT2D eigenvalue weighted by atomic mass is 16.5. The van der Waals surface area contributed by atoms with Crippen molar-refractivity contribution in [3.05, 3.63) is 94.9 Å². The maximum absolute atomic E-state index is 13.1. The molecule has 3 aromatic carbocycles. The molecule has 144 valence electrons. The van der Waals surface area contributed by atoms with Crippen LogP contribution in [-0.4, -0.2) is 15.7 Å². The number of fused-ring (bicyclic) bond motifs is 1. The first-order chi connectivity index (χ1) is 14.2. The van der Waals surface area contributed by atoms with Crippen LogP contribution in [0.15, 0.2) is 83.7 Å². The number of amides is 1. The molecule has 0 spiro atoms. The third-order valence-electron chi connectivity index (χ3n) is 4.49. The van der Waals surface area contributed by atoms with Gasteiger partial charge in [-0.05, 0) is 37.3 Å². The Morgan fingerprint density at radius 2 is 1.59 bits per heavy atom. The highest BCUT2D eigenvalue weighted by Gasteiger charge is 2.18.